The predicted octanol–water partition coefficient (Wildman–Crippen LogP) is 1.47. The second-order valence-electron chi connectivity index (χ2n) is 6.17. The Balaban J connectivity index is 0.00000208. The lowest BCUT2D eigenvalue weighted by Crippen LogP contribution is -2.46. The number of nitrogens with one attached hydrogen (secondary N) is 1. The number of benzene rings is 1. The van der Waals surface area contributed by atoms with Gasteiger partial charge in [-0.25, -0.2) is 8.42 Å². The van der Waals surface area contributed by atoms with Gasteiger partial charge in [-0.15, -0.1) is 12.4 Å². The smallest absolute Gasteiger partial charge is 0.253 e. The average molecular weight is 374 g/mol. The van der Waals surface area contributed by atoms with E-state index < -0.39 is 10.0 Å². The molecule has 1 aromatic carbocycles. The van der Waals surface area contributed by atoms with E-state index in [9.17, 15) is 13.2 Å². The number of hydrogen-bond donors (Lipinski definition) is 1. The lowest BCUT2D eigenvalue weighted by atomic mass is 10.0. The van der Waals surface area contributed by atoms with Crippen LogP contribution in [0.25, 0.3) is 0 Å². The summed E-state index contributed by atoms with van der Waals surface area (Å²) in [7, 11) is -1.25. The molecule has 0 aromatic heterocycles. The molecule has 1 amide bonds. The third kappa shape index (κ3) is 3.84. The van der Waals surface area contributed by atoms with E-state index in [0.29, 0.717) is 30.3 Å². The van der Waals surface area contributed by atoms with E-state index in [1.54, 1.807) is 24.3 Å². The summed E-state index contributed by atoms with van der Waals surface area (Å²) in [6.07, 6.45) is 2.75. The van der Waals surface area contributed by atoms with Crippen molar-refractivity contribution in [3.63, 3.8) is 0 Å². The van der Waals surface area contributed by atoms with Crippen molar-refractivity contribution in [3.05, 3.63) is 29.8 Å². The molecule has 2 aliphatic rings. The molecule has 2 saturated heterocycles. The standard InChI is InChI=1S/C16H23N3O3S.ClH/c1-17-14-4-2-9-18(12-14)16(20)13-5-7-15(8-6-13)19-10-3-11-23(19,21)22;/h5-8,14,17H,2-4,9-12H2,1H3;1H. The van der Waals surface area contributed by atoms with Crippen molar-refractivity contribution in [2.24, 2.45) is 0 Å². The van der Waals surface area contributed by atoms with Crippen LogP contribution in [0.5, 0.6) is 0 Å². The van der Waals surface area contributed by atoms with E-state index in [1.165, 1.54) is 4.31 Å². The van der Waals surface area contributed by atoms with Gasteiger partial charge in [-0.1, -0.05) is 0 Å². The highest BCUT2D eigenvalue weighted by molar-refractivity contribution is 7.93. The summed E-state index contributed by atoms with van der Waals surface area (Å²) in [4.78, 5) is 14.5. The van der Waals surface area contributed by atoms with Crippen LogP contribution in [0.3, 0.4) is 0 Å². The van der Waals surface area contributed by atoms with Crippen LogP contribution in [0.2, 0.25) is 0 Å². The fourth-order valence-corrected chi connectivity index (χ4v) is 4.84. The number of anilines is 1. The summed E-state index contributed by atoms with van der Waals surface area (Å²) in [5.41, 5.74) is 1.26. The van der Waals surface area contributed by atoms with Gasteiger partial charge in [0.25, 0.3) is 5.91 Å². The van der Waals surface area contributed by atoms with Gasteiger partial charge in [0.2, 0.25) is 10.0 Å². The molecular weight excluding hydrogens is 350 g/mol. The first-order valence-electron chi connectivity index (χ1n) is 8.08. The zero-order valence-electron chi connectivity index (χ0n) is 13.8. The highest BCUT2D eigenvalue weighted by Gasteiger charge is 2.29. The Morgan fingerprint density at radius 1 is 1.17 bits per heavy atom. The molecule has 0 spiro atoms. The van der Waals surface area contributed by atoms with Gasteiger partial charge in [0.15, 0.2) is 0 Å². The topological polar surface area (TPSA) is 69.7 Å². The molecule has 1 N–H and O–H groups in total. The highest BCUT2D eigenvalue weighted by atomic mass is 35.5. The third-order valence-corrected chi connectivity index (χ3v) is 6.49. The van der Waals surface area contributed by atoms with E-state index in [0.717, 1.165) is 25.9 Å². The van der Waals surface area contributed by atoms with Crippen LogP contribution in [-0.2, 0) is 10.0 Å². The molecule has 2 aliphatic heterocycles. The average Bonchev–Trinajstić information content (AvgIpc) is 2.93. The first kappa shape index (κ1) is 19.0. The third-order valence-electron chi connectivity index (χ3n) is 4.62. The largest absolute Gasteiger partial charge is 0.337 e. The minimum Gasteiger partial charge on any atom is -0.337 e. The van der Waals surface area contributed by atoms with Crippen molar-refractivity contribution >= 4 is 34.0 Å². The number of rotatable bonds is 3. The number of halogens is 1. The van der Waals surface area contributed by atoms with Gasteiger partial charge < -0.3 is 10.2 Å². The number of sulfonamides is 1. The molecule has 134 valence electrons. The van der Waals surface area contributed by atoms with Crippen LogP contribution in [0.15, 0.2) is 24.3 Å². The van der Waals surface area contributed by atoms with Crippen molar-refractivity contribution in [2.75, 3.05) is 36.7 Å². The minimum atomic E-state index is -3.17. The molecular formula is C16H24ClN3O3S. The van der Waals surface area contributed by atoms with Gasteiger partial charge in [0, 0.05) is 31.2 Å². The van der Waals surface area contributed by atoms with Crippen molar-refractivity contribution in [1.82, 2.24) is 10.2 Å². The number of hydrogen-bond acceptors (Lipinski definition) is 4. The number of carbonyl (C=O) groups excluding carboxylic acids is 1. The Bertz CT molecular complexity index is 678. The maximum atomic E-state index is 12.6. The Morgan fingerprint density at radius 2 is 1.88 bits per heavy atom. The number of likely N-dealkylation sites (N-methyl/N-ethyl adjacent to an activating group) is 1. The quantitative estimate of drug-likeness (QED) is 0.871. The fourth-order valence-electron chi connectivity index (χ4n) is 3.28. The van der Waals surface area contributed by atoms with E-state index in [1.807, 2.05) is 11.9 Å². The number of piperidine rings is 1. The molecule has 2 fully saturated rings. The number of amides is 1. The molecule has 24 heavy (non-hydrogen) atoms. The van der Waals surface area contributed by atoms with E-state index in [4.69, 9.17) is 0 Å². The molecule has 3 rings (SSSR count). The first-order valence-corrected chi connectivity index (χ1v) is 9.69. The van der Waals surface area contributed by atoms with E-state index in [2.05, 4.69) is 5.32 Å². The van der Waals surface area contributed by atoms with Crippen LogP contribution in [-0.4, -0.2) is 57.7 Å². The second-order valence-corrected chi connectivity index (χ2v) is 8.18. The first-order chi connectivity index (χ1) is 11.0. The lowest BCUT2D eigenvalue weighted by Gasteiger charge is -2.32. The SMILES string of the molecule is CNC1CCCN(C(=O)c2ccc(N3CCCS3(=O)=O)cc2)C1.Cl. The van der Waals surface area contributed by atoms with Crippen molar-refractivity contribution in [3.8, 4) is 0 Å². The molecule has 0 bridgehead atoms. The number of likely N-dealkylation sites (tertiary alicyclic amines) is 1. The predicted molar refractivity (Wildman–Crippen MR) is 97.4 cm³/mol. The Labute approximate surface area is 149 Å². The van der Waals surface area contributed by atoms with Crippen molar-refractivity contribution in [2.45, 2.75) is 25.3 Å². The molecule has 0 saturated carbocycles. The van der Waals surface area contributed by atoms with Gasteiger partial charge in [-0.05, 0) is 50.6 Å². The van der Waals surface area contributed by atoms with Gasteiger partial charge in [-0.2, -0.15) is 0 Å². The summed E-state index contributed by atoms with van der Waals surface area (Å²) < 4.78 is 25.3. The summed E-state index contributed by atoms with van der Waals surface area (Å²) in [6.45, 7) is 2.02. The van der Waals surface area contributed by atoms with E-state index >= 15 is 0 Å². The van der Waals surface area contributed by atoms with Crippen molar-refractivity contribution in [1.29, 1.82) is 0 Å². The molecule has 0 aliphatic carbocycles. The fraction of sp³-hybridized carbons (Fsp3) is 0.562. The Hall–Kier alpha value is -1.31. The lowest BCUT2D eigenvalue weighted by molar-refractivity contribution is 0.0698. The molecule has 8 heteroatoms. The van der Waals surface area contributed by atoms with Gasteiger partial charge in [0.05, 0.1) is 11.4 Å². The Morgan fingerprint density at radius 3 is 2.46 bits per heavy atom. The van der Waals surface area contributed by atoms with Gasteiger partial charge >= 0.3 is 0 Å². The maximum Gasteiger partial charge on any atom is 0.253 e. The monoisotopic (exact) mass is 373 g/mol. The summed E-state index contributed by atoms with van der Waals surface area (Å²) in [6, 6.07) is 7.27. The highest BCUT2D eigenvalue weighted by Crippen LogP contribution is 2.24. The molecule has 6 nitrogen and oxygen atoms in total. The summed E-state index contributed by atoms with van der Waals surface area (Å²) in [5.74, 6) is 0.216. The molecule has 2 heterocycles. The molecule has 1 unspecified atom stereocenters. The zero-order valence-corrected chi connectivity index (χ0v) is 15.4. The van der Waals surface area contributed by atoms with Crippen LogP contribution in [0.4, 0.5) is 5.69 Å². The maximum absolute atomic E-state index is 12.6. The molecule has 1 atom stereocenters. The van der Waals surface area contributed by atoms with Gasteiger partial charge in [0.1, 0.15) is 0 Å². The number of carbonyl (C=O) groups is 1. The van der Waals surface area contributed by atoms with Crippen molar-refractivity contribution < 1.29 is 13.2 Å². The zero-order chi connectivity index (χ0) is 16.4. The van der Waals surface area contributed by atoms with Crippen LogP contribution < -0.4 is 9.62 Å². The summed E-state index contributed by atoms with van der Waals surface area (Å²) >= 11 is 0. The van der Waals surface area contributed by atoms with Gasteiger partial charge in [-0.3, -0.25) is 9.10 Å². The second kappa shape index (κ2) is 7.72. The minimum absolute atomic E-state index is 0. The normalized spacial score (nSPS) is 23.0. The molecule has 0 radical (unpaired) electrons. The van der Waals surface area contributed by atoms with Crippen LogP contribution in [0, 0.1) is 0 Å². The van der Waals surface area contributed by atoms with Crippen LogP contribution >= 0.6 is 12.4 Å². The Kier molecular flexibility index (Phi) is 6.11. The number of nitrogens with zero attached hydrogens (tertiary/aromatic N) is 2. The molecule has 1 aromatic rings. The van der Waals surface area contributed by atoms with Crippen LogP contribution in [0.1, 0.15) is 29.6 Å². The summed E-state index contributed by atoms with van der Waals surface area (Å²) in [5, 5.41) is 3.23. The van der Waals surface area contributed by atoms with E-state index in [-0.39, 0.29) is 24.1 Å².